The molecule has 4 aromatic rings. The first-order chi connectivity index (χ1) is 13.2. The summed E-state index contributed by atoms with van der Waals surface area (Å²) in [7, 11) is 0. The molecule has 0 saturated carbocycles. The van der Waals surface area contributed by atoms with Crippen LogP contribution in [0.15, 0.2) is 91.0 Å². The van der Waals surface area contributed by atoms with Gasteiger partial charge in [0.15, 0.2) is 5.82 Å². The van der Waals surface area contributed by atoms with Gasteiger partial charge in [-0.05, 0) is 34.0 Å². The maximum atomic E-state index is 10.3. The van der Waals surface area contributed by atoms with E-state index in [1.165, 1.54) is 0 Å². The van der Waals surface area contributed by atoms with E-state index >= 15 is 0 Å². The Hall–Kier alpha value is -3.31. The molecule has 1 atom stereocenters. The van der Waals surface area contributed by atoms with Crippen LogP contribution in [0.25, 0.3) is 0 Å². The zero-order valence-electron chi connectivity index (χ0n) is 15.0. The van der Waals surface area contributed by atoms with E-state index in [0.29, 0.717) is 5.82 Å². The van der Waals surface area contributed by atoms with Crippen LogP contribution in [0.1, 0.15) is 35.5 Å². The molecule has 0 fully saturated rings. The minimum atomic E-state index is -0.810. The smallest absolute Gasteiger partial charge is 0.181 e. The number of benzene rings is 3. The molecule has 5 nitrogen and oxygen atoms in total. The van der Waals surface area contributed by atoms with Gasteiger partial charge in [0.25, 0.3) is 0 Å². The Morgan fingerprint density at radius 3 is 1.52 bits per heavy atom. The van der Waals surface area contributed by atoms with Crippen LogP contribution in [-0.2, 0) is 5.54 Å². The lowest BCUT2D eigenvalue weighted by Gasteiger charge is -2.36. The molecule has 0 spiro atoms. The van der Waals surface area contributed by atoms with Crippen LogP contribution in [0.2, 0.25) is 0 Å². The molecule has 0 saturated heterocycles. The molecule has 5 heteroatoms. The monoisotopic (exact) mass is 356 g/mol. The molecule has 0 aliphatic heterocycles. The number of nitrogens with zero attached hydrogens (tertiary/aromatic N) is 4. The van der Waals surface area contributed by atoms with E-state index in [4.69, 9.17) is 0 Å². The van der Waals surface area contributed by atoms with Gasteiger partial charge in [-0.2, -0.15) is 0 Å². The summed E-state index contributed by atoms with van der Waals surface area (Å²) < 4.78 is 1.73. The van der Waals surface area contributed by atoms with Crippen LogP contribution < -0.4 is 0 Å². The third-order valence-electron chi connectivity index (χ3n) is 4.76. The highest BCUT2D eigenvalue weighted by molar-refractivity contribution is 5.50. The van der Waals surface area contributed by atoms with Crippen LogP contribution in [0.3, 0.4) is 0 Å². The Labute approximate surface area is 157 Å². The van der Waals surface area contributed by atoms with Crippen molar-refractivity contribution in [1.82, 2.24) is 20.2 Å². The Morgan fingerprint density at radius 1 is 0.741 bits per heavy atom. The molecule has 0 aliphatic carbocycles. The van der Waals surface area contributed by atoms with Crippen molar-refractivity contribution >= 4 is 0 Å². The van der Waals surface area contributed by atoms with E-state index in [0.717, 1.165) is 16.7 Å². The average molecular weight is 356 g/mol. The van der Waals surface area contributed by atoms with Gasteiger partial charge >= 0.3 is 0 Å². The summed E-state index contributed by atoms with van der Waals surface area (Å²) in [6.45, 7) is 1.67. The van der Waals surface area contributed by atoms with Crippen molar-refractivity contribution in [2.45, 2.75) is 18.6 Å². The minimum absolute atomic E-state index is 0.409. The van der Waals surface area contributed by atoms with E-state index < -0.39 is 11.6 Å². The number of aliphatic hydroxyl groups is 1. The third-order valence-corrected chi connectivity index (χ3v) is 4.76. The fraction of sp³-hybridized carbons (Fsp3) is 0.136. The standard InChI is InChI=1S/C22H20N4O/c1-17(27)21-23-24-25-26(21)22(18-11-5-2-6-12-18,19-13-7-3-8-14-19)20-15-9-4-10-16-20/h2-17,27H,1H3. The number of tetrazole rings is 1. The minimum Gasteiger partial charge on any atom is -0.385 e. The summed E-state index contributed by atoms with van der Waals surface area (Å²) in [5.41, 5.74) is 2.23. The molecule has 1 N–H and O–H groups in total. The second-order valence-electron chi connectivity index (χ2n) is 6.43. The Bertz CT molecular complexity index is 902. The molecule has 3 aromatic carbocycles. The number of aliphatic hydroxyl groups excluding tert-OH is 1. The van der Waals surface area contributed by atoms with Crippen molar-refractivity contribution in [1.29, 1.82) is 0 Å². The Kier molecular flexibility index (Phi) is 4.52. The Morgan fingerprint density at radius 2 is 1.15 bits per heavy atom. The number of aromatic nitrogens is 4. The summed E-state index contributed by atoms with van der Waals surface area (Å²) >= 11 is 0. The largest absolute Gasteiger partial charge is 0.385 e. The van der Waals surface area contributed by atoms with Crippen LogP contribution in [0, 0.1) is 0 Å². The van der Waals surface area contributed by atoms with Gasteiger partial charge in [-0.15, -0.1) is 5.10 Å². The van der Waals surface area contributed by atoms with Gasteiger partial charge < -0.3 is 5.11 Å². The predicted octanol–water partition coefficient (Wildman–Crippen LogP) is 3.57. The normalized spacial score (nSPS) is 12.7. The first kappa shape index (κ1) is 17.1. The van der Waals surface area contributed by atoms with E-state index in [-0.39, 0.29) is 0 Å². The van der Waals surface area contributed by atoms with Crippen LogP contribution in [-0.4, -0.2) is 25.3 Å². The quantitative estimate of drug-likeness (QED) is 0.555. The summed E-state index contributed by atoms with van der Waals surface area (Å²) in [6, 6.07) is 30.3. The molecule has 0 bridgehead atoms. The summed E-state index contributed by atoms with van der Waals surface area (Å²) in [6.07, 6.45) is -0.810. The predicted molar refractivity (Wildman–Crippen MR) is 103 cm³/mol. The van der Waals surface area contributed by atoms with E-state index in [1.54, 1.807) is 11.6 Å². The van der Waals surface area contributed by atoms with Crippen molar-refractivity contribution in [3.63, 3.8) is 0 Å². The van der Waals surface area contributed by atoms with Crippen molar-refractivity contribution in [3.8, 4) is 0 Å². The SMILES string of the molecule is CC(O)c1nnnn1C(c1ccccc1)(c1ccccc1)c1ccccc1. The van der Waals surface area contributed by atoms with Crippen LogP contribution in [0.5, 0.6) is 0 Å². The van der Waals surface area contributed by atoms with Gasteiger partial charge in [-0.25, -0.2) is 4.68 Å². The van der Waals surface area contributed by atoms with Crippen molar-refractivity contribution < 1.29 is 5.11 Å². The molecule has 0 amide bonds. The molecular formula is C22H20N4O. The second kappa shape index (κ2) is 7.13. The fourth-order valence-electron chi connectivity index (χ4n) is 3.60. The Balaban J connectivity index is 2.15. The third kappa shape index (κ3) is 2.82. The van der Waals surface area contributed by atoms with E-state index in [1.807, 2.05) is 54.6 Å². The van der Waals surface area contributed by atoms with E-state index in [9.17, 15) is 5.11 Å². The topological polar surface area (TPSA) is 63.8 Å². The summed E-state index contributed by atoms with van der Waals surface area (Å²) in [4.78, 5) is 0. The summed E-state index contributed by atoms with van der Waals surface area (Å²) in [5, 5.41) is 22.7. The van der Waals surface area contributed by atoms with Crippen molar-refractivity contribution in [2.24, 2.45) is 0 Å². The maximum absolute atomic E-state index is 10.3. The zero-order chi connectivity index (χ0) is 18.7. The van der Waals surface area contributed by atoms with Gasteiger partial charge in [0.1, 0.15) is 11.6 Å². The molecule has 1 unspecified atom stereocenters. The number of rotatable bonds is 5. The molecule has 134 valence electrons. The van der Waals surface area contributed by atoms with Crippen LogP contribution >= 0.6 is 0 Å². The van der Waals surface area contributed by atoms with Crippen molar-refractivity contribution in [3.05, 3.63) is 114 Å². The van der Waals surface area contributed by atoms with Gasteiger partial charge in [0.2, 0.25) is 0 Å². The van der Waals surface area contributed by atoms with Gasteiger partial charge in [0.05, 0.1) is 0 Å². The van der Waals surface area contributed by atoms with Gasteiger partial charge in [-0.3, -0.25) is 0 Å². The van der Waals surface area contributed by atoms with Crippen LogP contribution in [0.4, 0.5) is 0 Å². The molecule has 1 heterocycles. The van der Waals surface area contributed by atoms with Gasteiger partial charge in [-0.1, -0.05) is 91.0 Å². The molecule has 4 rings (SSSR count). The highest BCUT2D eigenvalue weighted by Crippen LogP contribution is 2.41. The van der Waals surface area contributed by atoms with Gasteiger partial charge in [0, 0.05) is 0 Å². The molecule has 0 aliphatic rings. The summed E-state index contributed by atoms with van der Waals surface area (Å²) in [5.74, 6) is 0.409. The fourth-order valence-corrected chi connectivity index (χ4v) is 3.60. The van der Waals surface area contributed by atoms with E-state index in [2.05, 4.69) is 51.9 Å². The highest BCUT2D eigenvalue weighted by atomic mass is 16.3. The number of hydrogen-bond donors (Lipinski definition) is 1. The average Bonchev–Trinajstić information content (AvgIpc) is 3.22. The maximum Gasteiger partial charge on any atom is 0.181 e. The molecular weight excluding hydrogens is 336 g/mol. The zero-order valence-corrected chi connectivity index (χ0v) is 15.0. The van der Waals surface area contributed by atoms with Crippen molar-refractivity contribution in [2.75, 3.05) is 0 Å². The lowest BCUT2D eigenvalue weighted by molar-refractivity contribution is 0.177. The second-order valence-corrected chi connectivity index (χ2v) is 6.43. The lowest BCUT2D eigenvalue weighted by Crippen LogP contribution is -2.40. The highest BCUT2D eigenvalue weighted by Gasteiger charge is 2.42. The molecule has 27 heavy (non-hydrogen) atoms. The molecule has 1 aromatic heterocycles. The number of hydrogen-bond acceptors (Lipinski definition) is 4. The molecule has 0 radical (unpaired) electrons. The lowest BCUT2D eigenvalue weighted by atomic mass is 9.77. The first-order valence-corrected chi connectivity index (χ1v) is 8.88. The first-order valence-electron chi connectivity index (χ1n) is 8.88.